The predicted octanol–water partition coefficient (Wildman–Crippen LogP) is 3.18. The van der Waals surface area contributed by atoms with Crippen LogP contribution in [0.25, 0.3) is 0 Å². The van der Waals surface area contributed by atoms with Crippen LogP contribution in [0.1, 0.15) is 70.3 Å². The van der Waals surface area contributed by atoms with E-state index in [-0.39, 0.29) is 23.6 Å². The summed E-state index contributed by atoms with van der Waals surface area (Å²) in [5.41, 5.74) is 0.126. The summed E-state index contributed by atoms with van der Waals surface area (Å²) in [6.07, 6.45) is -0.108. The van der Waals surface area contributed by atoms with Gasteiger partial charge in [-0.3, -0.25) is 4.79 Å². The number of amides is 2. The van der Waals surface area contributed by atoms with Crippen molar-refractivity contribution in [3.8, 4) is 5.75 Å². The summed E-state index contributed by atoms with van der Waals surface area (Å²) in [7, 11) is 0. The monoisotopic (exact) mass is 406 g/mol. The molecule has 1 aliphatic rings. The van der Waals surface area contributed by atoms with Crippen LogP contribution in [-0.4, -0.2) is 57.9 Å². The summed E-state index contributed by atoms with van der Waals surface area (Å²) in [4.78, 5) is 26.8. The van der Waals surface area contributed by atoms with E-state index in [2.05, 4.69) is 5.32 Å². The van der Waals surface area contributed by atoms with E-state index in [1.165, 1.54) is 11.0 Å². The number of hydrogen-bond acceptors (Lipinski definition) is 5. The minimum Gasteiger partial charge on any atom is -0.508 e. The molecule has 0 aromatic heterocycles. The molecular formula is C22H34N2O5. The lowest BCUT2D eigenvalue weighted by molar-refractivity contribution is 0.0223. The maximum Gasteiger partial charge on any atom is 0.410 e. The van der Waals surface area contributed by atoms with Crippen molar-refractivity contribution in [3.63, 3.8) is 0 Å². The highest BCUT2D eigenvalue weighted by Gasteiger charge is 2.32. The van der Waals surface area contributed by atoms with Gasteiger partial charge in [-0.05, 0) is 57.2 Å². The van der Waals surface area contributed by atoms with Gasteiger partial charge >= 0.3 is 6.09 Å². The van der Waals surface area contributed by atoms with Crippen LogP contribution in [-0.2, 0) is 10.2 Å². The van der Waals surface area contributed by atoms with Crippen molar-refractivity contribution in [1.29, 1.82) is 0 Å². The average molecular weight is 407 g/mol. The Labute approximate surface area is 173 Å². The van der Waals surface area contributed by atoms with Gasteiger partial charge in [-0.15, -0.1) is 0 Å². The first-order valence-corrected chi connectivity index (χ1v) is 10.1. The molecule has 1 aromatic carbocycles. The first-order valence-electron chi connectivity index (χ1n) is 10.1. The van der Waals surface area contributed by atoms with Gasteiger partial charge in [0.15, 0.2) is 0 Å². The van der Waals surface area contributed by atoms with E-state index < -0.39 is 23.8 Å². The second-order valence-electron chi connectivity index (χ2n) is 9.70. The maximum absolute atomic E-state index is 12.8. The number of aliphatic hydroxyl groups excluding tert-OH is 1. The topological polar surface area (TPSA) is 99.1 Å². The Morgan fingerprint density at radius 3 is 2.41 bits per heavy atom. The van der Waals surface area contributed by atoms with E-state index in [1.54, 1.807) is 32.9 Å². The second-order valence-corrected chi connectivity index (χ2v) is 9.70. The number of carbonyl (C=O) groups is 2. The van der Waals surface area contributed by atoms with E-state index >= 15 is 0 Å². The number of phenolic OH excluding ortho intramolecular Hbond substituents is 1. The third-order valence-corrected chi connectivity index (χ3v) is 4.84. The van der Waals surface area contributed by atoms with Crippen molar-refractivity contribution in [1.82, 2.24) is 10.2 Å². The Morgan fingerprint density at radius 1 is 1.17 bits per heavy atom. The Hall–Kier alpha value is -2.28. The highest BCUT2D eigenvalue weighted by atomic mass is 16.6. The zero-order chi connectivity index (χ0) is 22.0. The highest BCUT2D eigenvalue weighted by molar-refractivity contribution is 5.95. The van der Waals surface area contributed by atoms with Gasteiger partial charge in [0.2, 0.25) is 0 Å². The van der Waals surface area contributed by atoms with Gasteiger partial charge in [-0.1, -0.05) is 20.8 Å². The number of likely N-dealkylation sites (tertiary alicyclic amines) is 1. The van der Waals surface area contributed by atoms with Crippen LogP contribution in [0.2, 0.25) is 0 Å². The SMILES string of the molecule is CC(C)(C)OC(=O)N1CCC[C@@H](O)[C@H](NC(=O)c2ccc(O)c(C(C)(C)C)c2)C1. The van der Waals surface area contributed by atoms with Gasteiger partial charge in [-0.25, -0.2) is 4.79 Å². The molecule has 2 amide bonds. The molecule has 7 nitrogen and oxygen atoms in total. The first kappa shape index (κ1) is 23.0. The van der Waals surface area contributed by atoms with E-state index in [0.717, 1.165) is 0 Å². The highest BCUT2D eigenvalue weighted by Crippen LogP contribution is 2.31. The van der Waals surface area contributed by atoms with Crippen molar-refractivity contribution >= 4 is 12.0 Å². The summed E-state index contributed by atoms with van der Waals surface area (Å²) < 4.78 is 5.44. The number of nitrogens with one attached hydrogen (secondary N) is 1. The lowest BCUT2D eigenvalue weighted by atomic mass is 9.85. The van der Waals surface area contributed by atoms with E-state index in [1.807, 2.05) is 20.8 Å². The number of rotatable bonds is 2. The van der Waals surface area contributed by atoms with Gasteiger partial charge in [0.25, 0.3) is 5.91 Å². The molecule has 0 bridgehead atoms. The largest absolute Gasteiger partial charge is 0.508 e. The molecule has 0 unspecified atom stereocenters. The fourth-order valence-corrected chi connectivity index (χ4v) is 3.31. The number of carbonyl (C=O) groups excluding carboxylic acids is 2. The summed E-state index contributed by atoms with van der Waals surface area (Å²) in [5.74, 6) is -0.217. The van der Waals surface area contributed by atoms with Gasteiger partial charge in [-0.2, -0.15) is 0 Å². The average Bonchev–Trinajstić information content (AvgIpc) is 2.74. The Kier molecular flexibility index (Phi) is 6.83. The number of aromatic hydroxyl groups is 1. The second kappa shape index (κ2) is 8.61. The van der Waals surface area contributed by atoms with Crippen LogP contribution in [0.4, 0.5) is 4.79 Å². The number of hydrogen-bond donors (Lipinski definition) is 3. The lowest BCUT2D eigenvalue weighted by Gasteiger charge is -2.29. The van der Waals surface area contributed by atoms with Gasteiger partial charge in [0, 0.05) is 24.2 Å². The number of nitrogens with zero attached hydrogens (tertiary/aromatic N) is 1. The molecule has 1 aliphatic heterocycles. The molecule has 7 heteroatoms. The summed E-state index contributed by atoms with van der Waals surface area (Å²) in [6, 6.07) is 4.12. The van der Waals surface area contributed by atoms with E-state index in [0.29, 0.717) is 30.5 Å². The van der Waals surface area contributed by atoms with Crippen LogP contribution >= 0.6 is 0 Å². The van der Waals surface area contributed by atoms with Gasteiger partial charge < -0.3 is 25.2 Å². The maximum atomic E-state index is 12.8. The molecule has 1 aromatic rings. The molecule has 0 radical (unpaired) electrons. The molecule has 1 fully saturated rings. The van der Waals surface area contributed by atoms with E-state index in [9.17, 15) is 19.8 Å². The molecule has 29 heavy (non-hydrogen) atoms. The fraction of sp³-hybridized carbons (Fsp3) is 0.636. The van der Waals surface area contributed by atoms with Gasteiger partial charge in [0.05, 0.1) is 12.1 Å². The quantitative estimate of drug-likeness (QED) is 0.701. The molecule has 3 N–H and O–H groups in total. The minimum atomic E-state index is -0.759. The van der Waals surface area contributed by atoms with Crippen molar-refractivity contribution in [2.45, 2.75) is 77.5 Å². The number of phenols is 1. The summed E-state index contributed by atoms with van der Waals surface area (Å²) in [6.45, 7) is 11.9. The van der Waals surface area contributed by atoms with Crippen LogP contribution in [0.15, 0.2) is 18.2 Å². The zero-order valence-electron chi connectivity index (χ0n) is 18.3. The van der Waals surface area contributed by atoms with Crippen molar-refractivity contribution in [3.05, 3.63) is 29.3 Å². The molecule has 0 spiro atoms. The molecule has 1 saturated heterocycles. The van der Waals surface area contributed by atoms with Crippen LogP contribution < -0.4 is 5.32 Å². The standard InChI is InChI=1S/C22H34N2O5/c1-21(2,3)15-12-14(9-10-17(15)25)19(27)23-16-13-24(11-7-8-18(16)26)20(28)29-22(4,5)6/h9-10,12,16,18,25-26H,7-8,11,13H2,1-6H3,(H,23,27)/t16-,18-/m1/s1. The van der Waals surface area contributed by atoms with Gasteiger partial charge in [0.1, 0.15) is 11.4 Å². The Morgan fingerprint density at radius 2 is 1.83 bits per heavy atom. The third kappa shape index (κ3) is 6.35. The Bertz CT molecular complexity index is 749. The van der Waals surface area contributed by atoms with Crippen molar-refractivity contribution in [2.24, 2.45) is 0 Å². The first-order chi connectivity index (χ1) is 13.3. The lowest BCUT2D eigenvalue weighted by Crippen LogP contribution is -2.50. The summed E-state index contributed by atoms with van der Waals surface area (Å²) in [5, 5.41) is 23.4. The van der Waals surface area contributed by atoms with Crippen LogP contribution in [0.3, 0.4) is 0 Å². The molecular weight excluding hydrogens is 372 g/mol. The number of benzene rings is 1. The smallest absolute Gasteiger partial charge is 0.410 e. The Balaban J connectivity index is 2.16. The summed E-state index contributed by atoms with van der Waals surface area (Å²) >= 11 is 0. The predicted molar refractivity (Wildman–Crippen MR) is 111 cm³/mol. The van der Waals surface area contributed by atoms with Crippen LogP contribution in [0, 0.1) is 0 Å². The van der Waals surface area contributed by atoms with Crippen molar-refractivity contribution < 1.29 is 24.5 Å². The fourth-order valence-electron chi connectivity index (χ4n) is 3.31. The zero-order valence-corrected chi connectivity index (χ0v) is 18.3. The number of aliphatic hydroxyl groups is 1. The molecule has 2 atom stereocenters. The molecule has 162 valence electrons. The normalized spacial score (nSPS) is 20.7. The molecule has 2 rings (SSSR count). The van der Waals surface area contributed by atoms with E-state index in [4.69, 9.17) is 4.74 Å². The molecule has 1 heterocycles. The number of ether oxygens (including phenoxy) is 1. The molecule has 0 aliphatic carbocycles. The van der Waals surface area contributed by atoms with Crippen molar-refractivity contribution in [2.75, 3.05) is 13.1 Å². The third-order valence-electron chi connectivity index (χ3n) is 4.84. The molecule has 0 saturated carbocycles. The minimum absolute atomic E-state index is 0.139. The van der Waals surface area contributed by atoms with Crippen LogP contribution in [0.5, 0.6) is 5.75 Å².